The Hall–Kier alpha value is -1.36. The second-order valence-corrected chi connectivity index (χ2v) is 5.48. The van der Waals surface area contributed by atoms with Gasteiger partial charge >= 0.3 is 0 Å². The van der Waals surface area contributed by atoms with Crippen molar-refractivity contribution in [2.75, 3.05) is 19.6 Å². The zero-order chi connectivity index (χ0) is 13.3. The van der Waals surface area contributed by atoms with Gasteiger partial charge in [-0.15, -0.1) is 0 Å². The molecule has 2 aliphatic heterocycles. The van der Waals surface area contributed by atoms with Gasteiger partial charge in [-0.05, 0) is 20.3 Å². The summed E-state index contributed by atoms with van der Waals surface area (Å²) in [5.74, 6) is 1.65. The maximum Gasteiger partial charge on any atom is 0.151 e. The number of aliphatic imine (C=N–C) groups is 2. The lowest BCUT2D eigenvalue weighted by molar-refractivity contribution is -0.0708. The summed E-state index contributed by atoms with van der Waals surface area (Å²) < 4.78 is 0. The zero-order valence-corrected chi connectivity index (χ0v) is 11.3. The van der Waals surface area contributed by atoms with E-state index in [0.717, 1.165) is 13.0 Å². The third-order valence-corrected chi connectivity index (χ3v) is 3.38. The average molecular weight is 250 g/mol. The van der Waals surface area contributed by atoms with Gasteiger partial charge in [0, 0.05) is 37.3 Å². The molecule has 100 valence electrons. The Bertz CT molecular complexity index is 411. The van der Waals surface area contributed by atoms with Crippen LogP contribution in [0.2, 0.25) is 0 Å². The molecule has 0 radical (unpaired) electrons. The molecule has 0 saturated carbocycles. The molecule has 0 aromatic heterocycles. The molecule has 18 heavy (non-hydrogen) atoms. The Morgan fingerprint density at radius 1 is 1.67 bits per heavy atom. The molecule has 0 amide bonds. The lowest BCUT2D eigenvalue weighted by Gasteiger charge is -2.48. The van der Waals surface area contributed by atoms with Crippen LogP contribution in [-0.2, 0) is 0 Å². The largest absolute Gasteiger partial charge is 0.387 e. The van der Waals surface area contributed by atoms with Gasteiger partial charge in [-0.2, -0.15) is 0 Å². The van der Waals surface area contributed by atoms with E-state index in [0.29, 0.717) is 30.7 Å². The van der Waals surface area contributed by atoms with Gasteiger partial charge < -0.3 is 15.7 Å². The number of hydrogen-bond acceptors (Lipinski definition) is 4. The number of nitrogens with two attached hydrogens (primary N) is 1. The van der Waals surface area contributed by atoms with Crippen LogP contribution in [0.15, 0.2) is 21.8 Å². The Balaban J connectivity index is 2.16. The number of hydrogen-bond donors (Lipinski definition) is 2. The molecule has 0 aliphatic carbocycles. The monoisotopic (exact) mass is 250 g/mol. The molecule has 0 aromatic carbocycles. The lowest BCUT2D eigenvalue weighted by Crippen LogP contribution is -2.60. The summed E-state index contributed by atoms with van der Waals surface area (Å²) in [6.07, 6.45) is 3.05. The van der Waals surface area contributed by atoms with E-state index < -0.39 is 5.60 Å². The number of likely N-dealkylation sites (tertiary alicyclic amines) is 1. The van der Waals surface area contributed by atoms with E-state index >= 15 is 0 Å². The Morgan fingerprint density at radius 2 is 2.33 bits per heavy atom. The van der Waals surface area contributed by atoms with Gasteiger partial charge in [0.1, 0.15) is 0 Å². The van der Waals surface area contributed by atoms with Gasteiger partial charge in [0.05, 0.1) is 11.4 Å². The van der Waals surface area contributed by atoms with Gasteiger partial charge in [0.25, 0.3) is 0 Å². The van der Waals surface area contributed by atoms with Gasteiger partial charge in [-0.25, -0.2) is 4.99 Å². The molecule has 1 atom stereocenters. The Kier molecular flexibility index (Phi) is 3.43. The molecule has 1 saturated heterocycles. The third kappa shape index (κ3) is 2.72. The molecule has 0 bridgehead atoms. The molecule has 0 aromatic rings. The molecule has 0 spiro atoms. The summed E-state index contributed by atoms with van der Waals surface area (Å²) in [5.41, 5.74) is 6.27. The smallest absolute Gasteiger partial charge is 0.151 e. The topological polar surface area (TPSA) is 74.2 Å². The van der Waals surface area contributed by atoms with Crippen molar-refractivity contribution < 1.29 is 5.11 Å². The van der Waals surface area contributed by atoms with Crippen molar-refractivity contribution in [2.45, 2.75) is 32.8 Å². The predicted molar refractivity (Wildman–Crippen MR) is 73.7 cm³/mol. The van der Waals surface area contributed by atoms with Gasteiger partial charge in [-0.3, -0.25) is 4.99 Å². The number of amidine groups is 2. The SMILES string of the molecule is CCC1CN=C(N=C(C)N)C=C1N1CC(C)(O)C1. The second kappa shape index (κ2) is 4.72. The maximum absolute atomic E-state index is 9.84. The summed E-state index contributed by atoms with van der Waals surface area (Å²) in [5, 5.41) is 9.84. The lowest BCUT2D eigenvalue weighted by atomic mass is 9.90. The van der Waals surface area contributed by atoms with Gasteiger partial charge in [0.2, 0.25) is 0 Å². The van der Waals surface area contributed by atoms with Crippen molar-refractivity contribution >= 4 is 11.7 Å². The molecule has 5 heteroatoms. The number of aliphatic hydroxyl groups is 1. The first-order chi connectivity index (χ1) is 8.41. The van der Waals surface area contributed by atoms with Crippen LogP contribution in [0.4, 0.5) is 0 Å². The second-order valence-electron chi connectivity index (χ2n) is 5.48. The Morgan fingerprint density at radius 3 is 2.83 bits per heavy atom. The highest BCUT2D eigenvalue weighted by molar-refractivity contribution is 6.02. The fourth-order valence-corrected chi connectivity index (χ4v) is 2.49. The van der Waals surface area contributed by atoms with E-state index in [9.17, 15) is 5.11 Å². The molecule has 1 unspecified atom stereocenters. The average Bonchev–Trinajstić information content (AvgIpc) is 2.25. The van der Waals surface area contributed by atoms with Crippen LogP contribution >= 0.6 is 0 Å². The summed E-state index contributed by atoms with van der Waals surface area (Å²) in [7, 11) is 0. The minimum Gasteiger partial charge on any atom is -0.387 e. The van der Waals surface area contributed by atoms with Gasteiger partial charge in [0.15, 0.2) is 5.84 Å². The van der Waals surface area contributed by atoms with Crippen LogP contribution in [0.25, 0.3) is 0 Å². The molecular formula is C13H22N4O. The van der Waals surface area contributed by atoms with Crippen LogP contribution in [0.1, 0.15) is 27.2 Å². The molecular weight excluding hydrogens is 228 g/mol. The van der Waals surface area contributed by atoms with Crippen molar-refractivity contribution in [1.29, 1.82) is 0 Å². The molecule has 2 heterocycles. The predicted octanol–water partition coefficient (Wildman–Crippen LogP) is 0.752. The summed E-state index contributed by atoms with van der Waals surface area (Å²) >= 11 is 0. The van der Waals surface area contributed by atoms with Crippen LogP contribution in [0.3, 0.4) is 0 Å². The van der Waals surface area contributed by atoms with E-state index in [1.165, 1.54) is 5.70 Å². The summed E-state index contributed by atoms with van der Waals surface area (Å²) in [6.45, 7) is 7.92. The van der Waals surface area contributed by atoms with E-state index in [1.54, 1.807) is 6.92 Å². The first-order valence-corrected chi connectivity index (χ1v) is 6.45. The standard InChI is InChI=1S/C13H22N4O/c1-4-10-6-15-12(16-9(2)14)5-11(10)17-7-13(3,18)8-17/h5,10,18H,4,6-8H2,1-3H3,(H2,14,15,16). The van der Waals surface area contributed by atoms with E-state index in [1.807, 2.05) is 13.0 Å². The molecule has 1 fully saturated rings. The fraction of sp³-hybridized carbons (Fsp3) is 0.692. The quantitative estimate of drug-likeness (QED) is 0.561. The highest BCUT2D eigenvalue weighted by Crippen LogP contribution is 2.31. The first kappa shape index (κ1) is 13.1. The number of dihydropyridines is 1. The maximum atomic E-state index is 9.84. The zero-order valence-electron chi connectivity index (χ0n) is 11.3. The molecule has 2 aliphatic rings. The van der Waals surface area contributed by atoms with Crippen molar-refractivity contribution in [3.63, 3.8) is 0 Å². The van der Waals surface area contributed by atoms with Gasteiger partial charge in [-0.1, -0.05) is 6.92 Å². The molecule has 2 rings (SSSR count). The normalized spacial score (nSPS) is 27.4. The van der Waals surface area contributed by atoms with Crippen molar-refractivity contribution in [2.24, 2.45) is 21.6 Å². The van der Waals surface area contributed by atoms with Crippen LogP contribution in [0.5, 0.6) is 0 Å². The van der Waals surface area contributed by atoms with Crippen molar-refractivity contribution in [1.82, 2.24) is 4.90 Å². The van der Waals surface area contributed by atoms with Crippen molar-refractivity contribution in [3.05, 3.63) is 11.8 Å². The fourth-order valence-electron chi connectivity index (χ4n) is 2.49. The number of rotatable bonds is 2. The number of β-amino-alcohol motifs (C(OH)–C–C–N with tert-alkyl or cyclic N) is 1. The number of nitrogens with zero attached hydrogens (tertiary/aromatic N) is 3. The van der Waals surface area contributed by atoms with E-state index in [2.05, 4.69) is 21.8 Å². The van der Waals surface area contributed by atoms with Crippen molar-refractivity contribution in [3.8, 4) is 0 Å². The first-order valence-electron chi connectivity index (χ1n) is 6.45. The van der Waals surface area contributed by atoms with E-state index in [4.69, 9.17) is 5.73 Å². The summed E-state index contributed by atoms with van der Waals surface area (Å²) in [6, 6.07) is 0. The third-order valence-electron chi connectivity index (χ3n) is 3.38. The highest BCUT2D eigenvalue weighted by Gasteiger charge is 2.39. The van der Waals surface area contributed by atoms with Crippen LogP contribution in [0, 0.1) is 5.92 Å². The minimum atomic E-state index is -0.555. The molecule has 5 nitrogen and oxygen atoms in total. The van der Waals surface area contributed by atoms with E-state index in [-0.39, 0.29) is 0 Å². The highest BCUT2D eigenvalue weighted by atomic mass is 16.3. The Labute approximate surface area is 108 Å². The van der Waals surface area contributed by atoms with Crippen LogP contribution in [-0.4, -0.2) is 46.9 Å². The van der Waals surface area contributed by atoms with Crippen LogP contribution < -0.4 is 5.73 Å². The minimum absolute atomic E-state index is 0.429. The summed E-state index contributed by atoms with van der Waals surface area (Å²) in [4.78, 5) is 10.9. The molecule has 3 N–H and O–H groups in total.